The van der Waals surface area contributed by atoms with Crippen molar-refractivity contribution < 1.29 is 0 Å². The van der Waals surface area contributed by atoms with E-state index in [1.807, 2.05) is 0 Å². The lowest BCUT2D eigenvalue weighted by Gasteiger charge is -2.10. The molecular weight excluding hydrogens is 148 g/mol. The molecule has 2 nitrogen and oxygen atoms in total. The number of nitrogens with one attached hydrogen (secondary N) is 1. The van der Waals surface area contributed by atoms with Crippen LogP contribution < -0.4 is 10.6 Å². The zero-order chi connectivity index (χ0) is 8.65. The summed E-state index contributed by atoms with van der Waals surface area (Å²) in [4.78, 5) is 0. The summed E-state index contributed by atoms with van der Waals surface area (Å²) >= 11 is 0. The molecule has 1 heterocycles. The fraction of sp³-hybridized carbons (Fsp3) is 1.00. The molecule has 12 heavy (non-hydrogen) atoms. The van der Waals surface area contributed by atoms with E-state index in [0.29, 0.717) is 6.17 Å². The third-order valence-corrected chi connectivity index (χ3v) is 2.40. The Kier molecular flexibility index (Phi) is 5.37. The summed E-state index contributed by atoms with van der Waals surface area (Å²) in [5.74, 6) is 0. The average molecular weight is 169 g/mol. The van der Waals surface area contributed by atoms with Crippen LogP contribution in [0.2, 0.25) is 0 Å². The topological polar surface area (TPSA) is 26.1 Å². The van der Waals surface area contributed by atoms with Crippen LogP contribution in [0.25, 0.3) is 0 Å². The van der Waals surface area contributed by atoms with Crippen molar-refractivity contribution >= 4 is 0 Å². The first-order valence-electron chi connectivity index (χ1n) is 5.33. The van der Waals surface area contributed by atoms with Crippen LogP contribution in [0, 0.1) is 0 Å². The Balaban J connectivity index is 1.81. The van der Waals surface area contributed by atoms with Crippen LogP contribution in [-0.4, -0.2) is 19.3 Å². The largest absolute Gasteiger partial charge is 0.301 e. The predicted molar refractivity (Wildman–Crippen MR) is 52.2 cm³/mol. The van der Waals surface area contributed by atoms with Crippen molar-refractivity contribution in [1.29, 1.82) is 0 Å². The molecule has 1 aliphatic rings. The van der Waals surface area contributed by atoms with Crippen molar-refractivity contribution in [2.24, 2.45) is 0 Å². The molecule has 0 aromatic heterocycles. The Morgan fingerprint density at radius 1 is 1.33 bits per heavy atom. The normalized spacial score (nSPS) is 23.2. The Bertz CT molecular complexity index is 98.0. The van der Waals surface area contributed by atoms with E-state index < -0.39 is 0 Å². The van der Waals surface area contributed by atoms with Gasteiger partial charge in [-0.05, 0) is 25.8 Å². The first-order valence-corrected chi connectivity index (χ1v) is 5.33. The maximum Gasteiger partial charge on any atom is 0.0736 e. The van der Waals surface area contributed by atoms with Crippen molar-refractivity contribution in [2.45, 2.75) is 51.6 Å². The highest BCUT2D eigenvalue weighted by Crippen LogP contribution is 2.04. The molecule has 1 unspecified atom stereocenters. The zero-order valence-corrected chi connectivity index (χ0v) is 8.18. The predicted octanol–water partition coefficient (Wildman–Crippen LogP) is 1.88. The molecule has 1 aliphatic heterocycles. The Labute approximate surface area is 76.1 Å². The molecule has 1 radical (unpaired) electrons. The minimum atomic E-state index is 0.492. The van der Waals surface area contributed by atoms with E-state index in [0.717, 1.165) is 13.1 Å². The summed E-state index contributed by atoms with van der Waals surface area (Å²) in [6, 6.07) is 0. The maximum atomic E-state index is 4.44. The highest BCUT2D eigenvalue weighted by Gasteiger charge is 2.13. The molecule has 0 bridgehead atoms. The molecule has 1 N–H and O–H groups in total. The van der Waals surface area contributed by atoms with Gasteiger partial charge in [-0.1, -0.05) is 26.2 Å². The third-order valence-electron chi connectivity index (χ3n) is 2.40. The van der Waals surface area contributed by atoms with Crippen LogP contribution in [0.1, 0.15) is 45.4 Å². The van der Waals surface area contributed by atoms with Gasteiger partial charge in [0.1, 0.15) is 0 Å². The number of hydrogen-bond donors (Lipinski definition) is 1. The van der Waals surface area contributed by atoms with E-state index in [4.69, 9.17) is 0 Å². The van der Waals surface area contributed by atoms with Crippen LogP contribution in [0.3, 0.4) is 0 Å². The van der Waals surface area contributed by atoms with E-state index in [1.54, 1.807) is 0 Å². The number of rotatable bonds is 6. The second-order valence-electron chi connectivity index (χ2n) is 3.58. The third kappa shape index (κ3) is 4.07. The molecule has 1 saturated heterocycles. The van der Waals surface area contributed by atoms with Gasteiger partial charge in [0.25, 0.3) is 0 Å². The number of hydrogen-bond acceptors (Lipinski definition) is 1. The van der Waals surface area contributed by atoms with Crippen molar-refractivity contribution in [3.63, 3.8) is 0 Å². The summed E-state index contributed by atoms with van der Waals surface area (Å²) < 4.78 is 0. The van der Waals surface area contributed by atoms with Crippen LogP contribution >= 0.6 is 0 Å². The van der Waals surface area contributed by atoms with Gasteiger partial charge in [-0.15, -0.1) is 0 Å². The van der Waals surface area contributed by atoms with Gasteiger partial charge in [-0.2, -0.15) is 0 Å². The van der Waals surface area contributed by atoms with E-state index in [-0.39, 0.29) is 0 Å². The van der Waals surface area contributed by atoms with Crippen LogP contribution in [-0.2, 0) is 0 Å². The lowest BCUT2D eigenvalue weighted by molar-refractivity contribution is 0.463. The highest BCUT2D eigenvalue weighted by molar-refractivity contribution is 4.70. The van der Waals surface area contributed by atoms with Gasteiger partial charge in [0.2, 0.25) is 0 Å². The summed E-state index contributed by atoms with van der Waals surface area (Å²) in [5, 5.41) is 7.92. The van der Waals surface area contributed by atoms with Gasteiger partial charge in [-0.3, -0.25) is 0 Å². The van der Waals surface area contributed by atoms with E-state index in [1.165, 1.54) is 38.5 Å². The molecule has 1 rings (SSSR count). The summed E-state index contributed by atoms with van der Waals surface area (Å²) in [6.07, 6.45) is 8.43. The first kappa shape index (κ1) is 10.0. The van der Waals surface area contributed by atoms with E-state index in [9.17, 15) is 0 Å². The second kappa shape index (κ2) is 6.44. The first-order chi connectivity index (χ1) is 5.93. The zero-order valence-electron chi connectivity index (χ0n) is 8.18. The monoisotopic (exact) mass is 169 g/mol. The van der Waals surface area contributed by atoms with Gasteiger partial charge in [0.15, 0.2) is 0 Å². The molecular formula is C10H21N2. The van der Waals surface area contributed by atoms with Gasteiger partial charge >= 0.3 is 0 Å². The highest BCUT2D eigenvalue weighted by atomic mass is 15.1. The van der Waals surface area contributed by atoms with Crippen LogP contribution in [0.5, 0.6) is 0 Å². The van der Waals surface area contributed by atoms with Crippen molar-refractivity contribution in [3.05, 3.63) is 0 Å². The molecule has 0 aromatic rings. The van der Waals surface area contributed by atoms with E-state index in [2.05, 4.69) is 17.6 Å². The fourth-order valence-corrected chi connectivity index (χ4v) is 1.61. The molecule has 0 aromatic carbocycles. The van der Waals surface area contributed by atoms with Crippen LogP contribution in [0.15, 0.2) is 0 Å². The lowest BCUT2D eigenvalue weighted by atomic mass is 10.2. The second-order valence-corrected chi connectivity index (χ2v) is 3.58. The van der Waals surface area contributed by atoms with Crippen molar-refractivity contribution in [3.8, 4) is 0 Å². The van der Waals surface area contributed by atoms with E-state index >= 15 is 0 Å². The van der Waals surface area contributed by atoms with Crippen LogP contribution in [0.4, 0.5) is 0 Å². The summed E-state index contributed by atoms with van der Waals surface area (Å²) in [6.45, 7) is 4.49. The van der Waals surface area contributed by atoms with Crippen molar-refractivity contribution in [2.75, 3.05) is 13.1 Å². The average Bonchev–Trinajstić information content (AvgIpc) is 2.57. The lowest BCUT2D eigenvalue weighted by Crippen LogP contribution is -2.33. The van der Waals surface area contributed by atoms with Crippen molar-refractivity contribution in [1.82, 2.24) is 10.6 Å². The smallest absolute Gasteiger partial charge is 0.0736 e. The summed E-state index contributed by atoms with van der Waals surface area (Å²) in [7, 11) is 0. The molecule has 0 amide bonds. The molecule has 2 heteroatoms. The molecule has 71 valence electrons. The van der Waals surface area contributed by atoms with Gasteiger partial charge in [-0.25, -0.2) is 5.32 Å². The Morgan fingerprint density at radius 3 is 2.92 bits per heavy atom. The summed E-state index contributed by atoms with van der Waals surface area (Å²) in [5.41, 5.74) is 0. The number of nitrogens with zero attached hydrogens (tertiary/aromatic N) is 1. The molecule has 0 aliphatic carbocycles. The number of unbranched alkanes of at least 4 members (excludes halogenated alkanes) is 3. The van der Waals surface area contributed by atoms with Gasteiger partial charge < -0.3 is 5.32 Å². The maximum absolute atomic E-state index is 4.44. The van der Waals surface area contributed by atoms with Gasteiger partial charge in [0, 0.05) is 6.54 Å². The quantitative estimate of drug-likeness (QED) is 0.604. The SMILES string of the molecule is CCCCCCNC1CCC[N]1. The van der Waals surface area contributed by atoms with Gasteiger partial charge in [0.05, 0.1) is 6.17 Å². The Morgan fingerprint density at radius 2 is 2.25 bits per heavy atom. The molecule has 0 saturated carbocycles. The minimum Gasteiger partial charge on any atom is -0.301 e. The molecule has 1 atom stereocenters. The molecule has 1 fully saturated rings. The minimum absolute atomic E-state index is 0.492. The Hall–Kier alpha value is -0.0800. The molecule has 0 spiro atoms. The standard InChI is InChI=1S/C10H21N2/c1-2-3-4-5-8-11-10-7-6-9-12-10/h10-11H,2-9H2,1H3. The fourth-order valence-electron chi connectivity index (χ4n) is 1.61.